The highest BCUT2D eigenvalue weighted by Gasteiger charge is 2.02. The van der Waals surface area contributed by atoms with Crippen molar-refractivity contribution in [3.8, 4) is 0 Å². The molecule has 0 saturated carbocycles. The van der Waals surface area contributed by atoms with Crippen molar-refractivity contribution in [2.75, 3.05) is 0 Å². The summed E-state index contributed by atoms with van der Waals surface area (Å²) in [7, 11) is 0. The summed E-state index contributed by atoms with van der Waals surface area (Å²) >= 11 is 0. The summed E-state index contributed by atoms with van der Waals surface area (Å²) < 4.78 is 5.68. The van der Waals surface area contributed by atoms with Crippen LogP contribution >= 0.6 is 0 Å². The van der Waals surface area contributed by atoms with E-state index in [1.54, 1.807) is 6.08 Å². The Morgan fingerprint density at radius 2 is 1.89 bits per heavy atom. The normalized spacial score (nSPS) is 12.7. The largest absolute Gasteiger partial charge is 0.489 e. The SMILES string of the molecule is C=C/C(=C\C=C\C(C)(C)C)OCc1ccccc1. The minimum Gasteiger partial charge on any atom is -0.489 e. The van der Waals surface area contributed by atoms with Crippen molar-refractivity contribution in [2.24, 2.45) is 5.41 Å². The molecular weight excluding hydrogens is 220 g/mol. The minimum atomic E-state index is 0.183. The summed E-state index contributed by atoms with van der Waals surface area (Å²) in [6.07, 6.45) is 7.83. The molecule has 0 aromatic heterocycles. The van der Waals surface area contributed by atoms with Gasteiger partial charge in [0.1, 0.15) is 12.4 Å². The lowest BCUT2D eigenvalue weighted by atomic mass is 9.96. The van der Waals surface area contributed by atoms with Crippen LogP contribution < -0.4 is 0 Å². The molecule has 0 N–H and O–H groups in total. The van der Waals surface area contributed by atoms with Crippen LogP contribution in [0, 0.1) is 5.41 Å². The quantitative estimate of drug-likeness (QED) is 0.528. The van der Waals surface area contributed by atoms with E-state index in [0.29, 0.717) is 6.61 Å². The highest BCUT2D eigenvalue weighted by Crippen LogP contribution is 2.15. The molecule has 0 atom stereocenters. The Morgan fingerprint density at radius 3 is 2.44 bits per heavy atom. The molecule has 1 rings (SSSR count). The molecule has 0 amide bonds. The van der Waals surface area contributed by atoms with Crippen LogP contribution in [0.3, 0.4) is 0 Å². The Bertz CT molecular complexity index is 419. The van der Waals surface area contributed by atoms with Crippen LogP contribution in [0.1, 0.15) is 26.3 Å². The molecule has 1 heteroatoms. The average Bonchev–Trinajstić information content (AvgIpc) is 2.33. The van der Waals surface area contributed by atoms with Crippen LogP contribution in [-0.2, 0) is 11.3 Å². The maximum Gasteiger partial charge on any atom is 0.119 e. The Balaban J connectivity index is 2.55. The first-order valence-corrected chi connectivity index (χ1v) is 6.20. The zero-order valence-electron chi connectivity index (χ0n) is 11.5. The molecule has 1 aromatic carbocycles. The predicted octanol–water partition coefficient (Wildman–Crippen LogP) is 4.88. The summed E-state index contributed by atoms with van der Waals surface area (Å²) in [5, 5.41) is 0. The van der Waals surface area contributed by atoms with Crippen LogP contribution in [0.5, 0.6) is 0 Å². The summed E-state index contributed by atoms with van der Waals surface area (Å²) in [6, 6.07) is 10.1. The minimum absolute atomic E-state index is 0.183. The van der Waals surface area contributed by atoms with Crippen LogP contribution in [-0.4, -0.2) is 0 Å². The molecule has 0 heterocycles. The molecular formula is C17H22O. The highest BCUT2D eigenvalue weighted by molar-refractivity contribution is 5.19. The molecule has 96 valence electrons. The molecule has 1 aromatic rings. The molecule has 18 heavy (non-hydrogen) atoms. The standard InChI is InChI=1S/C17H22O/c1-5-16(12-9-13-17(2,3)4)18-14-15-10-7-6-8-11-15/h5-13H,1,14H2,2-4H3/b13-9+,16-12+. The fraction of sp³-hybridized carbons (Fsp3) is 0.294. The topological polar surface area (TPSA) is 9.23 Å². The Hall–Kier alpha value is -1.76. The third-order valence-corrected chi connectivity index (χ3v) is 2.31. The van der Waals surface area contributed by atoms with Gasteiger partial charge in [-0.3, -0.25) is 0 Å². The Labute approximate surface area is 110 Å². The van der Waals surface area contributed by atoms with Gasteiger partial charge in [-0.2, -0.15) is 0 Å². The van der Waals surface area contributed by atoms with Gasteiger partial charge >= 0.3 is 0 Å². The fourth-order valence-electron chi connectivity index (χ4n) is 1.35. The first-order valence-electron chi connectivity index (χ1n) is 6.20. The van der Waals surface area contributed by atoms with Gasteiger partial charge in [-0.25, -0.2) is 0 Å². The van der Waals surface area contributed by atoms with Crippen LogP contribution in [0.2, 0.25) is 0 Å². The van der Waals surface area contributed by atoms with Crippen LogP contribution in [0.25, 0.3) is 0 Å². The van der Waals surface area contributed by atoms with E-state index in [1.807, 2.05) is 42.5 Å². The lowest BCUT2D eigenvalue weighted by molar-refractivity contribution is 0.211. The summed E-state index contributed by atoms with van der Waals surface area (Å²) in [5.41, 5.74) is 1.34. The number of hydrogen-bond acceptors (Lipinski definition) is 1. The second-order valence-electron chi connectivity index (χ2n) is 5.27. The molecule has 1 nitrogen and oxygen atoms in total. The first kappa shape index (κ1) is 14.3. The van der Waals surface area contributed by atoms with Gasteiger partial charge in [0, 0.05) is 0 Å². The van der Waals surface area contributed by atoms with Gasteiger partial charge in [0.2, 0.25) is 0 Å². The molecule has 0 unspecified atom stereocenters. The first-order chi connectivity index (χ1) is 8.51. The van der Waals surface area contributed by atoms with Crippen molar-refractivity contribution < 1.29 is 4.74 Å². The third-order valence-electron chi connectivity index (χ3n) is 2.31. The lowest BCUT2D eigenvalue weighted by Gasteiger charge is -2.10. The predicted molar refractivity (Wildman–Crippen MR) is 78.1 cm³/mol. The highest BCUT2D eigenvalue weighted by atomic mass is 16.5. The van der Waals surface area contributed by atoms with Gasteiger partial charge in [0.05, 0.1) is 0 Å². The van der Waals surface area contributed by atoms with Gasteiger partial charge in [-0.1, -0.05) is 69.8 Å². The number of benzene rings is 1. The van der Waals surface area contributed by atoms with E-state index in [2.05, 4.69) is 33.4 Å². The maximum atomic E-state index is 5.68. The zero-order chi connectivity index (χ0) is 13.4. The smallest absolute Gasteiger partial charge is 0.119 e. The zero-order valence-corrected chi connectivity index (χ0v) is 11.5. The number of ether oxygens (including phenoxy) is 1. The summed E-state index contributed by atoms with van der Waals surface area (Å²) in [6.45, 7) is 10.8. The van der Waals surface area contributed by atoms with E-state index in [4.69, 9.17) is 4.74 Å². The fourth-order valence-corrected chi connectivity index (χ4v) is 1.35. The van der Waals surface area contributed by atoms with E-state index >= 15 is 0 Å². The van der Waals surface area contributed by atoms with Crippen molar-refractivity contribution in [1.29, 1.82) is 0 Å². The van der Waals surface area contributed by atoms with E-state index < -0.39 is 0 Å². The van der Waals surface area contributed by atoms with Gasteiger partial charge in [-0.15, -0.1) is 0 Å². The molecule has 0 fully saturated rings. The molecule has 0 aliphatic heterocycles. The second-order valence-corrected chi connectivity index (χ2v) is 5.27. The van der Waals surface area contributed by atoms with Gasteiger partial charge in [0.25, 0.3) is 0 Å². The number of rotatable bonds is 5. The van der Waals surface area contributed by atoms with Crippen molar-refractivity contribution in [3.05, 3.63) is 72.5 Å². The van der Waals surface area contributed by atoms with E-state index in [1.165, 1.54) is 0 Å². The Kier molecular flexibility index (Phi) is 5.44. The van der Waals surface area contributed by atoms with Gasteiger partial charge in [-0.05, 0) is 23.1 Å². The molecule has 0 aliphatic carbocycles. The van der Waals surface area contributed by atoms with Crippen molar-refractivity contribution in [3.63, 3.8) is 0 Å². The lowest BCUT2D eigenvalue weighted by Crippen LogP contribution is -1.98. The number of allylic oxidation sites excluding steroid dienone is 4. The molecule has 0 aliphatic rings. The third kappa shape index (κ3) is 6.09. The van der Waals surface area contributed by atoms with Gasteiger partial charge in [0.15, 0.2) is 0 Å². The van der Waals surface area contributed by atoms with Crippen LogP contribution in [0.15, 0.2) is 67.0 Å². The monoisotopic (exact) mass is 242 g/mol. The molecule has 0 saturated heterocycles. The van der Waals surface area contributed by atoms with E-state index in [-0.39, 0.29) is 5.41 Å². The molecule has 0 radical (unpaired) electrons. The van der Waals surface area contributed by atoms with Crippen molar-refractivity contribution in [2.45, 2.75) is 27.4 Å². The summed E-state index contributed by atoms with van der Waals surface area (Å²) in [5.74, 6) is 0.791. The van der Waals surface area contributed by atoms with Crippen molar-refractivity contribution in [1.82, 2.24) is 0 Å². The Morgan fingerprint density at radius 1 is 1.22 bits per heavy atom. The van der Waals surface area contributed by atoms with Gasteiger partial charge < -0.3 is 4.74 Å². The molecule has 0 bridgehead atoms. The van der Waals surface area contributed by atoms with E-state index in [9.17, 15) is 0 Å². The average molecular weight is 242 g/mol. The van der Waals surface area contributed by atoms with Crippen LogP contribution in [0.4, 0.5) is 0 Å². The van der Waals surface area contributed by atoms with E-state index in [0.717, 1.165) is 11.3 Å². The summed E-state index contributed by atoms with van der Waals surface area (Å²) in [4.78, 5) is 0. The maximum absolute atomic E-state index is 5.68. The van der Waals surface area contributed by atoms with Crippen molar-refractivity contribution >= 4 is 0 Å². The second kappa shape index (κ2) is 6.85. The molecule has 0 spiro atoms. The number of hydrogen-bond donors (Lipinski definition) is 0.